The van der Waals surface area contributed by atoms with E-state index in [1.807, 2.05) is 47.1 Å². The van der Waals surface area contributed by atoms with Crippen LogP contribution in [0.3, 0.4) is 0 Å². The third-order valence-corrected chi connectivity index (χ3v) is 11.9. The molecule has 8 aromatic rings. The number of nitriles is 4. The van der Waals surface area contributed by atoms with Gasteiger partial charge in [-0.1, -0.05) is 40.3 Å². The maximum absolute atomic E-state index is 12.5. The third-order valence-electron chi connectivity index (χ3n) is 9.68. The number of carbonyl (C=O) groups is 2. The summed E-state index contributed by atoms with van der Waals surface area (Å²) in [5.41, 5.74) is 6.17. The summed E-state index contributed by atoms with van der Waals surface area (Å²) in [6, 6.07) is 25.6. The molecule has 0 atom stereocenters. The van der Waals surface area contributed by atoms with Gasteiger partial charge in [-0.25, -0.2) is 4.52 Å². The molecule has 1 N–H and O–H groups in total. The molecule has 0 saturated carbocycles. The monoisotopic (exact) mass is 839 g/mol. The van der Waals surface area contributed by atoms with E-state index < -0.39 is 0 Å². The van der Waals surface area contributed by atoms with E-state index in [1.54, 1.807) is 90.4 Å². The van der Waals surface area contributed by atoms with E-state index >= 15 is 0 Å². The Hall–Kier alpha value is -8.16. The minimum absolute atomic E-state index is 0.0456. The largest absolute Gasteiger partial charge is 0.358 e. The van der Waals surface area contributed by atoms with Crippen LogP contribution in [0, 0.1) is 45.3 Å². The van der Waals surface area contributed by atoms with Gasteiger partial charge in [0.15, 0.2) is 0 Å². The van der Waals surface area contributed by atoms with Gasteiger partial charge in [-0.15, -0.1) is 4.52 Å². The minimum atomic E-state index is -0.197. The Labute approximate surface area is 356 Å². The van der Waals surface area contributed by atoms with Crippen molar-refractivity contribution in [2.45, 2.75) is 32.7 Å². The second-order valence-corrected chi connectivity index (χ2v) is 15.9. The number of nitrogens with zero attached hydrogens (tertiary/aromatic N) is 13. The zero-order valence-electron chi connectivity index (χ0n) is 32.7. The Morgan fingerprint density at radius 2 is 1.30 bits per heavy atom. The first-order chi connectivity index (χ1) is 29.6. The van der Waals surface area contributed by atoms with E-state index in [1.165, 1.54) is 39.3 Å². The molecule has 0 unspecified atom stereocenters. The van der Waals surface area contributed by atoms with Gasteiger partial charge in [0, 0.05) is 93.7 Å². The zero-order chi connectivity index (χ0) is 42.8. The van der Waals surface area contributed by atoms with Gasteiger partial charge in [0.1, 0.15) is 48.4 Å². The number of likely N-dealkylation sites (N-methyl/N-ethyl adjacent to an activating group) is 2. The van der Waals surface area contributed by atoms with Gasteiger partial charge >= 0.3 is 0 Å². The number of fused-ring (bicyclic) bond motifs is 2. The molecule has 0 aliphatic rings. The van der Waals surface area contributed by atoms with Crippen LogP contribution in [0.5, 0.6) is 0 Å². The number of pyridine rings is 2. The smallest absolute Gasteiger partial charge is 0.243 e. The highest BCUT2D eigenvalue weighted by atomic mass is 32.2. The number of benzene rings is 2. The number of aromatic nitrogens is 8. The van der Waals surface area contributed by atoms with Gasteiger partial charge < -0.3 is 10.2 Å². The Morgan fingerprint density at radius 1 is 0.672 bits per heavy atom. The maximum atomic E-state index is 12.5. The number of hydrogen-bond donors (Lipinski definition) is 1. The van der Waals surface area contributed by atoms with Crippen molar-refractivity contribution >= 4 is 46.4 Å². The first-order valence-corrected chi connectivity index (χ1v) is 20.0. The number of carbonyl (C=O) groups excluding carboxylic acids is 2. The molecule has 8 rings (SSSR count). The van der Waals surface area contributed by atoms with Crippen LogP contribution in [0.25, 0.3) is 39.0 Å². The van der Waals surface area contributed by atoms with Crippen molar-refractivity contribution in [3.63, 3.8) is 0 Å². The molecule has 18 heteroatoms. The lowest BCUT2D eigenvalue weighted by Gasteiger charge is -2.10. The summed E-state index contributed by atoms with van der Waals surface area (Å²) in [5.74, 6) is -0.316. The van der Waals surface area contributed by atoms with Gasteiger partial charge in [0.25, 0.3) is 0 Å². The van der Waals surface area contributed by atoms with E-state index in [4.69, 9.17) is 0 Å². The van der Waals surface area contributed by atoms with Crippen molar-refractivity contribution in [1.29, 1.82) is 21.0 Å². The summed E-state index contributed by atoms with van der Waals surface area (Å²) in [6.07, 6.45) is 13.7. The first kappa shape index (κ1) is 39.7. The summed E-state index contributed by atoms with van der Waals surface area (Å²) in [5, 5.41) is 56.7. The van der Waals surface area contributed by atoms with Crippen molar-refractivity contribution in [3.05, 3.63) is 126 Å². The highest BCUT2D eigenvalue weighted by Crippen LogP contribution is 2.39. The highest BCUT2D eigenvalue weighted by Gasteiger charge is 2.26. The summed E-state index contributed by atoms with van der Waals surface area (Å²) in [7, 11) is 4.92. The van der Waals surface area contributed by atoms with E-state index in [9.17, 15) is 30.6 Å². The lowest BCUT2D eigenvalue weighted by Crippen LogP contribution is -2.36. The molecular formula is C43H31N14O2S2+. The first-order valence-electron chi connectivity index (χ1n) is 18.4. The molecule has 0 spiro atoms. The second kappa shape index (κ2) is 16.6. The predicted molar refractivity (Wildman–Crippen MR) is 223 cm³/mol. The quantitative estimate of drug-likeness (QED) is 0.167. The SMILES string of the molecule is CNC(=O)Cn1cc(-c2cc(Sc3ccc(-[n+]4cc(C#N)c5c(Sc6ccccc6C#N)cc(-c6cnn(CC(=O)N(C)C)c6)cn54)cc3C#N)c3c(C#N)cnn3c2)cn1. The van der Waals surface area contributed by atoms with Crippen LogP contribution < -0.4 is 10.00 Å². The molecule has 0 radical (unpaired) electrons. The lowest BCUT2D eigenvalue weighted by molar-refractivity contribution is -0.667. The van der Waals surface area contributed by atoms with Crippen molar-refractivity contribution in [2.24, 2.45) is 0 Å². The average molecular weight is 840 g/mol. The maximum Gasteiger partial charge on any atom is 0.243 e. The molecule has 2 aromatic carbocycles. The molecule has 0 aliphatic carbocycles. The topological polar surface area (TPSA) is 206 Å². The van der Waals surface area contributed by atoms with E-state index in [0.29, 0.717) is 58.6 Å². The molecule has 0 bridgehead atoms. The molecule has 6 aromatic heterocycles. The van der Waals surface area contributed by atoms with E-state index in [0.717, 1.165) is 22.3 Å². The van der Waals surface area contributed by atoms with Crippen LogP contribution in [0.4, 0.5) is 0 Å². The molecule has 296 valence electrons. The summed E-state index contributed by atoms with van der Waals surface area (Å²) < 4.78 is 8.32. The Bertz CT molecular complexity index is 3240. The van der Waals surface area contributed by atoms with Crippen molar-refractivity contribution in [3.8, 4) is 52.2 Å². The Morgan fingerprint density at radius 3 is 1.95 bits per heavy atom. The van der Waals surface area contributed by atoms with Gasteiger partial charge in [-0.2, -0.15) is 36.3 Å². The molecule has 0 aliphatic heterocycles. The standard InChI is InChI=1S/C43H30N14O2S2/c1-48-40(58)25-53-20-33(18-49-53)29-11-38(42-31(15-46)17-51-55(42)22-29)61-37-9-8-35(10-28(37)14-45)56-24-32(16-47)43-39(60-36-7-5-4-6-27(36)13-44)12-30(23-57(43)56)34-19-50-54(21-34)26-41(59)52(2)3/h4-12,17-24H,25-26H2,1-3H3/p+1. The Kier molecular flexibility index (Phi) is 10.8. The summed E-state index contributed by atoms with van der Waals surface area (Å²) in [6.45, 7) is 0.0955. The number of rotatable bonds is 11. The lowest BCUT2D eigenvalue weighted by atomic mass is 10.1. The average Bonchev–Trinajstić information content (AvgIpc) is 4.10. The van der Waals surface area contributed by atoms with Crippen LogP contribution >= 0.6 is 23.5 Å². The molecule has 61 heavy (non-hydrogen) atoms. The fraction of sp³-hybridized carbons (Fsp3) is 0.116. The van der Waals surface area contributed by atoms with Crippen LogP contribution in [-0.4, -0.2) is 71.5 Å². The Balaban J connectivity index is 1.23. The van der Waals surface area contributed by atoms with Gasteiger partial charge in [-0.05, 0) is 30.3 Å². The minimum Gasteiger partial charge on any atom is -0.358 e. The normalized spacial score (nSPS) is 10.9. The molecule has 16 nitrogen and oxygen atoms in total. The highest BCUT2D eigenvalue weighted by molar-refractivity contribution is 8.00. The fourth-order valence-corrected chi connectivity index (χ4v) is 8.74. The van der Waals surface area contributed by atoms with Gasteiger partial charge in [-0.3, -0.25) is 19.0 Å². The number of nitrogens with one attached hydrogen (secondary N) is 1. The zero-order valence-corrected chi connectivity index (χ0v) is 34.3. The van der Waals surface area contributed by atoms with Crippen LogP contribution in [0.15, 0.2) is 124 Å². The predicted octanol–water partition coefficient (Wildman–Crippen LogP) is 5.21. The van der Waals surface area contributed by atoms with Crippen molar-refractivity contribution < 1.29 is 14.3 Å². The number of hydrogen-bond acceptors (Lipinski definition) is 11. The van der Waals surface area contributed by atoms with Crippen LogP contribution in [-0.2, 0) is 22.7 Å². The van der Waals surface area contributed by atoms with Crippen LogP contribution in [0.1, 0.15) is 22.3 Å². The van der Waals surface area contributed by atoms with Gasteiger partial charge in [0.2, 0.25) is 23.7 Å². The van der Waals surface area contributed by atoms with Crippen molar-refractivity contribution in [2.75, 3.05) is 21.1 Å². The molecule has 2 amide bonds. The summed E-state index contributed by atoms with van der Waals surface area (Å²) in [4.78, 5) is 28.6. The molecular weight excluding hydrogens is 809 g/mol. The van der Waals surface area contributed by atoms with Gasteiger partial charge in [0.05, 0.1) is 47.0 Å². The third kappa shape index (κ3) is 7.76. The fourth-order valence-electron chi connectivity index (χ4n) is 6.57. The van der Waals surface area contributed by atoms with Crippen LogP contribution in [0.2, 0.25) is 0 Å². The van der Waals surface area contributed by atoms with Crippen molar-refractivity contribution in [1.82, 2.24) is 43.9 Å². The molecule has 6 heterocycles. The number of amides is 2. The van der Waals surface area contributed by atoms with E-state index in [2.05, 4.69) is 44.9 Å². The van der Waals surface area contributed by atoms with E-state index in [-0.39, 0.29) is 24.9 Å². The second-order valence-electron chi connectivity index (χ2n) is 13.8. The molecule has 0 fully saturated rings. The molecule has 0 saturated heterocycles. The summed E-state index contributed by atoms with van der Waals surface area (Å²) >= 11 is 2.66.